The number of halogens is 3. The van der Waals surface area contributed by atoms with Crippen LogP contribution in [0.5, 0.6) is 0 Å². The lowest BCUT2D eigenvalue weighted by Gasteiger charge is -2.24. The summed E-state index contributed by atoms with van der Waals surface area (Å²) in [7, 11) is 0. The smallest absolute Gasteiger partial charge is 0.339 e. The van der Waals surface area contributed by atoms with Crippen LogP contribution in [-0.2, 0) is 18.0 Å². The molecule has 2 aromatic rings. The van der Waals surface area contributed by atoms with Crippen LogP contribution in [0.3, 0.4) is 0 Å². The summed E-state index contributed by atoms with van der Waals surface area (Å²) in [6, 6.07) is 2.49. The maximum atomic E-state index is 12.6. The number of alkyl halides is 3. The third-order valence-corrected chi connectivity index (χ3v) is 3.79. The predicted molar refractivity (Wildman–Crippen MR) is 79.0 cm³/mol. The van der Waals surface area contributed by atoms with Crippen LogP contribution in [0.15, 0.2) is 22.9 Å². The molecule has 0 aliphatic heterocycles. The van der Waals surface area contributed by atoms with Crippen LogP contribution >= 0.6 is 0 Å². The second-order valence-corrected chi connectivity index (χ2v) is 6.52. The van der Waals surface area contributed by atoms with Gasteiger partial charge in [-0.3, -0.25) is 4.98 Å². The molecule has 4 nitrogen and oxygen atoms in total. The number of aryl methyl sites for hydroxylation is 1. The summed E-state index contributed by atoms with van der Waals surface area (Å²) in [6.07, 6.45) is -1.86. The summed E-state index contributed by atoms with van der Waals surface area (Å²) in [4.78, 5) is 7.83. The monoisotopic (exact) mass is 327 g/mol. The predicted octanol–water partition coefficient (Wildman–Crippen LogP) is 4.52. The molecule has 0 saturated heterocycles. The lowest BCUT2D eigenvalue weighted by Crippen LogP contribution is -2.19. The van der Waals surface area contributed by atoms with Crippen molar-refractivity contribution in [2.45, 2.75) is 58.0 Å². The first-order valence-electron chi connectivity index (χ1n) is 7.46. The molecule has 0 amide bonds. The molecule has 0 aliphatic rings. The van der Waals surface area contributed by atoms with Crippen LogP contribution in [0.4, 0.5) is 13.2 Å². The topological polar surface area (TPSA) is 51.8 Å². The fourth-order valence-corrected chi connectivity index (χ4v) is 2.13. The first kappa shape index (κ1) is 17.4. The van der Waals surface area contributed by atoms with Crippen molar-refractivity contribution in [1.29, 1.82) is 0 Å². The molecule has 2 rings (SSSR count). The van der Waals surface area contributed by atoms with Crippen LogP contribution < -0.4 is 0 Å². The number of hydrogen-bond acceptors (Lipinski definition) is 4. The SMILES string of the molecule is CC(C)c1nc(CCC(C)(C)c2ccc(C(F)(F)F)nc2)no1. The van der Waals surface area contributed by atoms with Crippen LogP contribution in [-0.4, -0.2) is 15.1 Å². The van der Waals surface area contributed by atoms with E-state index in [1.807, 2.05) is 27.7 Å². The van der Waals surface area contributed by atoms with Crippen molar-refractivity contribution in [1.82, 2.24) is 15.1 Å². The van der Waals surface area contributed by atoms with Gasteiger partial charge in [-0.15, -0.1) is 0 Å². The number of pyridine rings is 1. The molecule has 0 atom stereocenters. The molecule has 0 spiro atoms. The molecule has 0 N–H and O–H groups in total. The first-order chi connectivity index (χ1) is 10.6. The van der Waals surface area contributed by atoms with Crippen molar-refractivity contribution in [2.75, 3.05) is 0 Å². The Morgan fingerprint density at radius 2 is 1.87 bits per heavy atom. The van der Waals surface area contributed by atoms with Crippen molar-refractivity contribution < 1.29 is 17.7 Å². The second-order valence-electron chi connectivity index (χ2n) is 6.52. The van der Waals surface area contributed by atoms with Crippen molar-refractivity contribution in [3.05, 3.63) is 41.3 Å². The second kappa shape index (κ2) is 6.29. The molecule has 2 aromatic heterocycles. The fourth-order valence-electron chi connectivity index (χ4n) is 2.13. The summed E-state index contributed by atoms with van der Waals surface area (Å²) in [6.45, 7) is 7.85. The molecule has 0 fully saturated rings. The average Bonchev–Trinajstić information content (AvgIpc) is 2.94. The minimum atomic E-state index is -4.42. The van der Waals surface area contributed by atoms with Crippen molar-refractivity contribution >= 4 is 0 Å². The molecule has 126 valence electrons. The van der Waals surface area contributed by atoms with Crippen molar-refractivity contribution in [3.63, 3.8) is 0 Å². The summed E-state index contributed by atoms with van der Waals surface area (Å²) < 4.78 is 42.8. The molecular weight excluding hydrogens is 307 g/mol. The minimum Gasteiger partial charge on any atom is -0.339 e. The van der Waals surface area contributed by atoms with Crippen LogP contribution in [0, 0.1) is 0 Å². The minimum absolute atomic E-state index is 0.170. The van der Waals surface area contributed by atoms with Crippen molar-refractivity contribution in [2.24, 2.45) is 0 Å². The molecule has 0 unspecified atom stereocenters. The molecule has 23 heavy (non-hydrogen) atoms. The summed E-state index contributed by atoms with van der Waals surface area (Å²) >= 11 is 0. The summed E-state index contributed by atoms with van der Waals surface area (Å²) in [5.41, 5.74) is -0.467. The Balaban J connectivity index is 2.05. The van der Waals surface area contributed by atoms with E-state index < -0.39 is 11.9 Å². The Hall–Kier alpha value is -1.92. The van der Waals surface area contributed by atoms with E-state index in [0.717, 1.165) is 11.6 Å². The lowest BCUT2D eigenvalue weighted by molar-refractivity contribution is -0.141. The Morgan fingerprint density at radius 1 is 1.17 bits per heavy atom. The van der Waals surface area contributed by atoms with Gasteiger partial charge in [-0.05, 0) is 23.5 Å². The number of aromatic nitrogens is 3. The van der Waals surface area contributed by atoms with Crippen LogP contribution in [0.1, 0.15) is 63.0 Å². The maximum Gasteiger partial charge on any atom is 0.433 e. The van der Waals surface area contributed by atoms with Gasteiger partial charge in [0, 0.05) is 18.5 Å². The molecule has 0 aliphatic carbocycles. The normalized spacial score (nSPS) is 12.9. The molecule has 0 radical (unpaired) electrons. The zero-order valence-corrected chi connectivity index (χ0v) is 13.6. The van der Waals surface area contributed by atoms with Gasteiger partial charge in [-0.2, -0.15) is 18.2 Å². The van der Waals surface area contributed by atoms with Crippen molar-refractivity contribution in [3.8, 4) is 0 Å². The Morgan fingerprint density at radius 3 is 2.35 bits per heavy atom. The van der Waals surface area contributed by atoms with Gasteiger partial charge in [0.2, 0.25) is 5.89 Å². The van der Waals surface area contributed by atoms with E-state index in [-0.39, 0.29) is 11.3 Å². The van der Waals surface area contributed by atoms with E-state index in [1.54, 1.807) is 0 Å². The zero-order chi connectivity index (χ0) is 17.3. The Labute approximate surface area is 133 Å². The van der Waals surface area contributed by atoms with E-state index in [0.29, 0.717) is 24.6 Å². The van der Waals surface area contributed by atoms with Crippen LogP contribution in [0.25, 0.3) is 0 Å². The molecule has 0 aromatic carbocycles. The first-order valence-corrected chi connectivity index (χ1v) is 7.46. The Bertz CT molecular complexity index is 645. The Kier molecular flexibility index (Phi) is 4.77. The van der Waals surface area contributed by atoms with Gasteiger partial charge in [0.15, 0.2) is 5.82 Å². The highest BCUT2D eigenvalue weighted by Gasteiger charge is 2.33. The molecule has 2 heterocycles. The molecule has 0 bridgehead atoms. The van der Waals surface area contributed by atoms with E-state index in [2.05, 4.69) is 15.1 Å². The summed E-state index contributed by atoms with van der Waals surface area (Å²) in [5.74, 6) is 1.37. The highest BCUT2D eigenvalue weighted by Crippen LogP contribution is 2.31. The third-order valence-electron chi connectivity index (χ3n) is 3.79. The number of hydrogen-bond donors (Lipinski definition) is 0. The quantitative estimate of drug-likeness (QED) is 0.810. The third kappa shape index (κ3) is 4.30. The van der Waals surface area contributed by atoms with E-state index in [1.165, 1.54) is 12.3 Å². The van der Waals surface area contributed by atoms with Gasteiger partial charge in [-0.1, -0.05) is 38.9 Å². The van der Waals surface area contributed by atoms with Gasteiger partial charge in [0.25, 0.3) is 0 Å². The maximum absolute atomic E-state index is 12.6. The molecule has 0 saturated carbocycles. The van der Waals surface area contributed by atoms with Gasteiger partial charge in [0.05, 0.1) is 0 Å². The lowest BCUT2D eigenvalue weighted by atomic mass is 9.81. The largest absolute Gasteiger partial charge is 0.433 e. The number of nitrogens with zero attached hydrogens (tertiary/aromatic N) is 3. The fraction of sp³-hybridized carbons (Fsp3) is 0.562. The van der Waals surface area contributed by atoms with E-state index >= 15 is 0 Å². The standard InChI is InChI=1S/C16H20F3N3O/c1-10(2)14-21-13(22-23-14)7-8-15(3,4)11-5-6-12(20-9-11)16(17,18)19/h5-6,9-10H,7-8H2,1-4H3. The highest BCUT2D eigenvalue weighted by molar-refractivity contribution is 5.23. The van der Waals surface area contributed by atoms with Gasteiger partial charge in [-0.25, -0.2) is 0 Å². The van der Waals surface area contributed by atoms with Gasteiger partial charge >= 0.3 is 6.18 Å². The van der Waals surface area contributed by atoms with Gasteiger partial charge < -0.3 is 4.52 Å². The summed E-state index contributed by atoms with van der Waals surface area (Å²) in [5, 5.41) is 3.93. The van der Waals surface area contributed by atoms with E-state index in [9.17, 15) is 13.2 Å². The average molecular weight is 327 g/mol. The molecule has 7 heteroatoms. The number of rotatable bonds is 5. The highest BCUT2D eigenvalue weighted by atomic mass is 19.4. The zero-order valence-electron chi connectivity index (χ0n) is 13.6. The van der Waals surface area contributed by atoms with E-state index in [4.69, 9.17) is 4.52 Å². The molecular formula is C16H20F3N3O. The van der Waals surface area contributed by atoms with Gasteiger partial charge in [0.1, 0.15) is 5.69 Å². The van der Waals surface area contributed by atoms with Crippen LogP contribution in [0.2, 0.25) is 0 Å².